The van der Waals surface area contributed by atoms with Crippen LogP contribution in [0.3, 0.4) is 0 Å². The van der Waals surface area contributed by atoms with E-state index in [2.05, 4.69) is 19.9 Å². The lowest BCUT2D eigenvalue weighted by Gasteiger charge is -2.28. The minimum atomic E-state index is -4.25. The van der Waals surface area contributed by atoms with E-state index in [1.165, 1.54) is 24.1 Å². The Morgan fingerprint density at radius 1 is 1.11 bits per heavy atom. The van der Waals surface area contributed by atoms with E-state index in [0.29, 0.717) is 11.8 Å². The first kappa shape index (κ1) is 14.2. The molecule has 2 rings (SSSR count). The largest absolute Gasteiger partial charge is 0.416 e. The number of halogens is 3. The molecule has 0 bridgehead atoms. The normalized spacial score (nSPS) is 20.5. The molecule has 0 nitrogen and oxygen atoms in total. The highest BCUT2D eigenvalue weighted by molar-refractivity contribution is 5.68. The minimum absolute atomic E-state index is 0.463. The maximum atomic E-state index is 12.6. The van der Waals surface area contributed by atoms with E-state index >= 15 is 0 Å². The Morgan fingerprint density at radius 3 is 2.26 bits per heavy atom. The zero-order valence-electron chi connectivity index (χ0n) is 11.3. The van der Waals surface area contributed by atoms with Crippen LogP contribution >= 0.6 is 0 Å². The molecule has 0 radical (unpaired) electrons. The van der Waals surface area contributed by atoms with Crippen molar-refractivity contribution < 1.29 is 13.2 Å². The van der Waals surface area contributed by atoms with Crippen LogP contribution in [-0.4, -0.2) is 0 Å². The Morgan fingerprint density at radius 2 is 1.74 bits per heavy atom. The second kappa shape index (κ2) is 5.40. The van der Waals surface area contributed by atoms with Gasteiger partial charge in [0.25, 0.3) is 0 Å². The molecule has 1 aliphatic carbocycles. The monoisotopic (exact) mass is 268 g/mol. The van der Waals surface area contributed by atoms with Gasteiger partial charge in [-0.3, -0.25) is 0 Å². The standard InChI is InChI=1S/C16H19F3/c1-11(2)14-5-3-4-6-15(14)12-7-9-13(10-8-12)16(17,18)19/h6-11,14H,3-5H2,1-2H3. The second-order valence-corrected chi connectivity index (χ2v) is 5.52. The Labute approximate surface area is 112 Å². The van der Waals surface area contributed by atoms with Crippen molar-refractivity contribution in [3.63, 3.8) is 0 Å². The number of rotatable bonds is 2. The fourth-order valence-electron chi connectivity index (χ4n) is 2.78. The van der Waals surface area contributed by atoms with E-state index in [1.54, 1.807) is 12.1 Å². The molecule has 0 amide bonds. The van der Waals surface area contributed by atoms with Gasteiger partial charge < -0.3 is 0 Å². The van der Waals surface area contributed by atoms with E-state index in [0.717, 1.165) is 18.4 Å². The van der Waals surface area contributed by atoms with Gasteiger partial charge in [-0.05, 0) is 54.4 Å². The van der Waals surface area contributed by atoms with Crippen molar-refractivity contribution in [3.8, 4) is 0 Å². The van der Waals surface area contributed by atoms with Crippen LogP contribution in [0.1, 0.15) is 44.2 Å². The maximum absolute atomic E-state index is 12.6. The molecule has 0 heterocycles. The summed E-state index contributed by atoms with van der Waals surface area (Å²) in [4.78, 5) is 0. The predicted molar refractivity (Wildman–Crippen MR) is 71.6 cm³/mol. The zero-order chi connectivity index (χ0) is 14.0. The van der Waals surface area contributed by atoms with E-state index in [4.69, 9.17) is 0 Å². The first-order chi connectivity index (χ1) is 8.89. The van der Waals surface area contributed by atoms with Crippen LogP contribution in [0.15, 0.2) is 30.3 Å². The van der Waals surface area contributed by atoms with E-state index in [9.17, 15) is 13.2 Å². The fraction of sp³-hybridized carbons (Fsp3) is 0.500. The molecule has 0 N–H and O–H groups in total. The van der Waals surface area contributed by atoms with Gasteiger partial charge in [-0.1, -0.05) is 32.1 Å². The van der Waals surface area contributed by atoms with Gasteiger partial charge in [-0.15, -0.1) is 0 Å². The van der Waals surface area contributed by atoms with Crippen molar-refractivity contribution in [3.05, 3.63) is 41.5 Å². The lowest BCUT2D eigenvalue weighted by Crippen LogP contribution is -2.14. The second-order valence-electron chi connectivity index (χ2n) is 5.52. The Bertz CT molecular complexity index is 452. The zero-order valence-corrected chi connectivity index (χ0v) is 11.3. The molecular formula is C16H19F3. The van der Waals surface area contributed by atoms with Crippen molar-refractivity contribution in [1.29, 1.82) is 0 Å². The molecular weight excluding hydrogens is 249 g/mol. The number of hydrogen-bond acceptors (Lipinski definition) is 0. The van der Waals surface area contributed by atoms with Crippen LogP contribution in [0.5, 0.6) is 0 Å². The molecule has 19 heavy (non-hydrogen) atoms. The van der Waals surface area contributed by atoms with Crippen molar-refractivity contribution in [1.82, 2.24) is 0 Å². The van der Waals surface area contributed by atoms with Crippen LogP contribution in [0.4, 0.5) is 13.2 Å². The van der Waals surface area contributed by atoms with Gasteiger partial charge in [0.05, 0.1) is 5.56 Å². The highest BCUT2D eigenvalue weighted by atomic mass is 19.4. The topological polar surface area (TPSA) is 0 Å². The summed E-state index contributed by atoms with van der Waals surface area (Å²) in [6, 6.07) is 5.58. The first-order valence-corrected chi connectivity index (χ1v) is 6.77. The highest BCUT2D eigenvalue weighted by Gasteiger charge is 2.30. The molecule has 0 fully saturated rings. The number of alkyl halides is 3. The van der Waals surface area contributed by atoms with Gasteiger partial charge in [-0.2, -0.15) is 13.2 Å². The summed E-state index contributed by atoms with van der Waals surface area (Å²) in [6.07, 6.45) is 1.27. The number of hydrogen-bond donors (Lipinski definition) is 0. The van der Waals surface area contributed by atoms with Gasteiger partial charge >= 0.3 is 6.18 Å². The average molecular weight is 268 g/mol. The molecule has 1 aromatic carbocycles. The summed E-state index contributed by atoms with van der Waals surface area (Å²) in [7, 11) is 0. The van der Waals surface area contributed by atoms with Gasteiger partial charge in [-0.25, -0.2) is 0 Å². The van der Waals surface area contributed by atoms with E-state index < -0.39 is 11.7 Å². The Balaban J connectivity index is 2.28. The molecule has 3 heteroatoms. The molecule has 1 atom stereocenters. The average Bonchev–Trinajstić information content (AvgIpc) is 2.38. The molecule has 0 spiro atoms. The Hall–Kier alpha value is -1.25. The minimum Gasteiger partial charge on any atom is -0.166 e. The lowest BCUT2D eigenvalue weighted by atomic mass is 9.77. The van der Waals surface area contributed by atoms with Crippen LogP contribution in [0, 0.1) is 11.8 Å². The van der Waals surface area contributed by atoms with Crippen LogP contribution < -0.4 is 0 Å². The molecule has 0 aliphatic heterocycles. The highest BCUT2D eigenvalue weighted by Crippen LogP contribution is 2.38. The molecule has 1 unspecified atom stereocenters. The van der Waals surface area contributed by atoms with Gasteiger partial charge in [0.1, 0.15) is 0 Å². The molecule has 104 valence electrons. The van der Waals surface area contributed by atoms with Crippen molar-refractivity contribution in [2.45, 2.75) is 39.3 Å². The third-order valence-corrected chi connectivity index (χ3v) is 3.83. The number of benzene rings is 1. The van der Waals surface area contributed by atoms with Crippen LogP contribution in [-0.2, 0) is 6.18 Å². The maximum Gasteiger partial charge on any atom is 0.416 e. The SMILES string of the molecule is CC(C)C1CCCC=C1c1ccc(C(F)(F)F)cc1. The van der Waals surface area contributed by atoms with Gasteiger partial charge in [0.2, 0.25) is 0 Å². The van der Waals surface area contributed by atoms with Crippen LogP contribution in [0.25, 0.3) is 5.57 Å². The van der Waals surface area contributed by atoms with Crippen molar-refractivity contribution in [2.24, 2.45) is 11.8 Å². The molecule has 0 saturated heterocycles. The number of allylic oxidation sites excluding steroid dienone is 2. The lowest BCUT2D eigenvalue weighted by molar-refractivity contribution is -0.137. The summed E-state index contributed by atoms with van der Waals surface area (Å²) >= 11 is 0. The Kier molecular flexibility index (Phi) is 4.02. The van der Waals surface area contributed by atoms with Gasteiger partial charge in [0.15, 0.2) is 0 Å². The summed E-state index contributed by atoms with van der Waals surface area (Å²) < 4.78 is 37.7. The summed E-state index contributed by atoms with van der Waals surface area (Å²) in [6.45, 7) is 4.35. The molecule has 1 aliphatic rings. The quantitative estimate of drug-likeness (QED) is 0.660. The van der Waals surface area contributed by atoms with Gasteiger partial charge in [0, 0.05) is 0 Å². The molecule has 0 saturated carbocycles. The third kappa shape index (κ3) is 3.20. The summed E-state index contributed by atoms with van der Waals surface area (Å²) in [5.41, 5.74) is 1.58. The van der Waals surface area contributed by atoms with Crippen molar-refractivity contribution in [2.75, 3.05) is 0 Å². The summed E-state index contributed by atoms with van der Waals surface area (Å²) in [5.74, 6) is 0.985. The van der Waals surface area contributed by atoms with Crippen LogP contribution in [0.2, 0.25) is 0 Å². The predicted octanol–water partition coefficient (Wildman–Crippen LogP) is 5.54. The molecule has 0 aromatic heterocycles. The smallest absolute Gasteiger partial charge is 0.166 e. The third-order valence-electron chi connectivity index (χ3n) is 3.83. The van der Waals surface area contributed by atoms with E-state index in [1.807, 2.05) is 0 Å². The fourth-order valence-corrected chi connectivity index (χ4v) is 2.78. The van der Waals surface area contributed by atoms with Crippen molar-refractivity contribution >= 4 is 5.57 Å². The first-order valence-electron chi connectivity index (χ1n) is 6.77. The summed E-state index contributed by atoms with van der Waals surface area (Å²) in [5, 5.41) is 0. The van der Waals surface area contributed by atoms with E-state index in [-0.39, 0.29) is 0 Å². The molecule has 1 aromatic rings.